The number of pyridine rings is 1. The summed E-state index contributed by atoms with van der Waals surface area (Å²) in [7, 11) is 1.35. The monoisotopic (exact) mass is 194 g/mol. The quantitative estimate of drug-likeness (QED) is 0.511. The van der Waals surface area contributed by atoms with Crippen LogP contribution in [0.5, 0.6) is 0 Å². The maximum Gasteiger partial charge on any atom is 0.356 e. The molecule has 0 unspecified atom stereocenters. The first-order valence-electron chi connectivity index (χ1n) is 4.25. The number of ether oxygens (including phenoxy) is 1. The number of fused-ring (bicyclic) bond motifs is 1. The van der Waals surface area contributed by atoms with E-state index in [4.69, 9.17) is 0 Å². The Hall–Kier alpha value is -1.30. The van der Waals surface area contributed by atoms with Gasteiger partial charge in [0.2, 0.25) is 0 Å². The van der Waals surface area contributed by atoms with Crippen molar-refractivity contribution in [2.45, 2.75) is 0 Å². The molecule has 0 saturated heterocycles. The van der Waals surface area contributed by atoms with E-state index in [0.717, 1.165) is 10.9 Å². The van der Waals surface area contributed by atoms with E-state index in [0.29, 0.717) is 5.69 Å². The van der Waals surface area contributed by atoms with Gasteiger partial charge in [0.05, 0.1) is 12.6 Å². The maximum absolute atomic E-state index is 11.2. The first-order chi connectivity index (χ1) is 6.81. The van der Waals surface area contributed by atoms with E-state index >= 15 is 0 Å². The van der Waals surface area contributed by atoms with Gasteiger partial charge >= 0.3 is 5.97 Å². The van der Waals surface area contributed by atoms with Gasteiger partial charge in [-0.25, -0.2) is 9.78 Å². The summed E-state index contributed by atoms with van der Waals surface area (Å²) >= 11 is 0. The van der Waals surface area contributed by atoms with Crippen LogP contribution in [0.15, 0.2) is 36.4 Å². The maximum atomic E-state index is 11.2. The van der Waals surface area contributed by atoms with Gasteiger partial charge in [-0.2, -0.15) is 0 Å². The number of benzene rings is 1. The van der Waals surface area contributed by atoms with Crippen molar-refractivity contribution in [3.8, 4) is 0 Å². The number of nitrogens with zero attached hydrogens (tertiary/aromatic N) is 1. The van der Waals surface area contributed by atoms with Crippen molar-refractivity contribution in [3.05, 3.63) is 42.1 Å². The Morgan fingerprint density at radius 3 is 2.67 bits per heavy atom. The molecule has 3 nitrogen and oxygen atoms in total. The van der Waals surface area contributed by atoms with E-state index in [-0.39, 0.29) is 18.9 Å². The molecule has 1 radical (unpaired) electrons. The summed E-state index contributed by atoms with van der Waals surface area (Å²) in [5.74, 6) is -0.407. The Kier molecular flexibility index (Phi) is 3.90. The van der Waals surface area contributed by atoms with Gasteiger partial charge < -0.3 is 4.74 Å². The largest absolute Gasteiger partial charge is 0.464 e. The third-order valence-electron chi connectivity index (χ3n) is 1.99. The molecule has 0 aliphatic carbocycles. The number of carbonyl (C=O) groups is 1. The topological polar surface area (TPSA) is 39.2 Å². The molecule has 1 aromatic carbocycles. The molecule has 0 N–H and O–H groups in total. The van der Waals surface area contributed by atoms with Crippen molar-refractivity contribution >= 4 is 35.7 Å². The molecular formula is C11H9LiNO2. The molecule has 71 valence electrons. The molecule has 2 rings (SSSR count). The summed E-state index contributed by atoms with van der Waals surface area (Å²) in [6, 6.07) is 11.1. The Morgan fingerprint density at radius 1 is 1.20 bits per heavy atom. The minimum absolute atomic E-state index is 0. The van der Waals surface area contributed by atoms with Gasteiger partial charge in [-0.1, -0.05) is 24.3 Å². The summed E-state index contributed by atoms with van der Waals surface area (Å²) in [5.41, 5.74) is 1.14. The summed E-state index contributed by atoms with van der Waals surface area (Å²) in [6.07, 6.45) is 0. The average molecular weight is 194 g/mol. The molecule has 0 aliphatic heterocycles. The summed E-state index contributed by atoms with van der Waals surface area (Å²) < 4.78 is 4.58. The van der Waals surface area contributed by atoms with E-state index in [2.05, 4.69) is 9.72 Å². The van der Waals surface area contributed by atoms with Crippen molar-refractivity contribution in [2.75, 3.05) is 7.11 Å². The van der Waals surface area contributed by atoms with Gasteiger partial charge in [0, 0.05) is 24.2 Å². The first kappa shape index (κ1) is 11.8. The van der Waals surface area contributed by atoms with E-state index < -0.39 is 5.97 Å². The van der Waals surface area contributed by atoms with Crippen molar-refractivity contribution in [1.82, 2.24) is 4.98 Å². The first-order valence-corrected chi connectivity index (χ1v) is 4.25. The second kappa shape index (κ2) is 4.97. The normalized spacial score (nSPS) is 9.40. The van der Waals surface area contributed by atoms with Crippen LogP contribution in [0.2, 0.25) is 0 Å². The van der Waals surface area contributed by atoms with Gasteiger partial charge in [-0.15, -0.1) is 0 Å². The van der Waals surface area contributed by atoms with Crippen LogP contribution in [0.25, 0.3) is 10.9 Å². The predicted octanol–water partition coefficient (Wildman–Crippen LogP) is 1.64. The SMILES string of the molecule is COC(=O)c1ccc2ccccc2n1.[Li]. The van der Waals surface area contributed by atoms with E-state index in [1.807, 2.05) is 30.3 Å². The zero-order valence-electron chi connectivity index (χ0n) is 8.73. The number of esters is 1. The van der Waals surface area contributed by atoms with Crippen molar-refractivity contribution in [2.24, 2.45) is 0 Å². The van der Waals surface area contributed by atoms with E-state index in [1.54, 1.807) is 6.07 Å². The second-order valence-corrected chi connectivity index (χ2v) is 2.88. The van der Waals surface area contributed by atoms with Crippen molar-refractivity contribution in [3.63, 3.8) is 0 Å². The van der Waals surface area contributed by atoms with Crippen LogP contribution >= 0.6 is 0 Å². The van der Waals surface area contributed by atoms with Crippen LogP contribution in [0.1, 0.15) is 10.5 Å². The Labute approximate surface area is 99.6 Å². The molecule has 0 saturated carbocycles. The molecular weight excluding hydrogens is 185 g/mol. The second-order valence-electron chi connectivity index (χ2n) is 2.88. The van der Waals surface area contributed by atoms with Crippen LogP contribution in [0.4, 0.5) is 0 Å². The Balaban J connectivity index is 0.00000112. The Bertz CT molecular complexity index is 485. The van der Waals surface area contributed by atoms with E-state index in [9.17, 15) is 4.79 Å². The van der Waals surface area contributed by atoms with E-state index in [1.165, 1.54) is 7.11 Å². The number of carbonyl (C=O) groups excluding carboxylic acids is 1. The third-order valence-corrected chi connectivity index (χ3v) is 1.99. The smallest absolute Gasteiger partial charge is 0.356 e. The molecule has 0 aliphatic rings. The predicted molar refractivity (Wildman–Crippen MR) is 58.8 cm³/mol. The summed E-state index contributed by atoms with van der Waals surface area (Å²) in [4.78, 5) is 15.3. The number of methoxy groups -OCH3 is 1. The van der Waals surface area contributed by atoms with Crippen LogP contribution in [-0.4, -0.2) is 36.9 Å². The molecule has 0 amide bonds. The number of hydrogen-bond donors (Lipinski definition) is 0. The molecule has 0 bridgehead atoms. The van der Waals surface area contributed by atoms with Gasteiger partial charge in [0.15, 0.2) is 0 Å². The fourth-order valence-corrected chi connectivity index (χ4v) is 1.28. The van der Waals surface area contributed by atoms with Gasteiger partial charge in [0.1, 0.15) is 5.69 Å². The van der Waals surface area contributed by atoms with Gasteiger partial charge in [-0.3, -0.25) is 0 Å². The molecule has 0 atom stereocenters. The number of aromatic nitrogens is 1. The zero-order chi connectivity index (χ0) is 9.97. The van der Waals surface area contributed by atoms with Gasteiger partial charge in [0.25, 0.3) is 0 Å². The third kappa shape index (κ3) is 2.38. The summed E-state index contributed by atoms with van der Waals surface area (Å²) in [6.45, 7) is 0. The fraction of sp³-hybridized carbons (Fsp3) is 0.0909. The minimum Gasteiger partial charge on any atom is -0.464 e. The number of para-hydroxylation sites is 1. The molecule has 4 heteroatoms. The molecule has 0 spiro atoms. The van der Waals surface area contributed by atoms with Gasteiger partial charge in [-0.05, 0) is 12.1 Å². The van der Waals surface area contributed by atoms with Crippen molar-refractivity contribution < 1.29 is 9.53 Å². The van der Waals surface area contributed by atoms with Crippen LogP contribution in [0.3, 0.4) is 0 Å². The average Bonchev–Trinajstić information content (AvgIpc) is 2.27. The van der Waals surface area contributed by atoms with Crippen LogP contribution in [0, 0.1) is 0 Å². The number of rotatable bonds is 1. The number of hydrogen-bond acceptors (Lipinski definition) is 3. The fourth-order valence-electron chi connectivity index (χ4n) is 1.28. The van der Waals surface area contributed by atoms with Crippen LogP contribution in [-0.2, 0) is 4.74 Å². The Morgan fingerprint density at radius 2 is 1.93 bits per heavy atom. The molecule has 0 fully saturated rings. The molecule has 2 aromatic rings. The molecule has 1 heterocycles. The zero-order valence-corrected chi connectivity index (χ0v) is 8.73. The summed E-state index contributed by atoms with van der Waals surface area (Å²) in [5, 5.41) is 1.01. The standard InChI is InChI=1S/C11H9NO2.Li/c1-14-11(13)10-7-6-8-4-2-3-5-9(8)12-10;/h2-7H,1H3;. The van der Waals surface area contributed by atoms with Crippen LogP contribution < -0.4 is 0 Å². The van der Waals surface area contributed by atoms with Crippen molar-refractivity contribution in [1.29, 1.82) is 0 Å². The molecule has 1 aromatic heterocycles. The molecule has 15 heavy (non-hydrogen) atoms. The minimum atomic E-state index is -0.407.